The highest BCUT2D eigenvalue weighted by Crippen LogP contribution is 2.30. The summed E-state index contributed by atoms with van der Waals surface area (Å²) in [7, 11) is 0. The molecule has 0 saturated heterocycles. The Labute approximate surface area is 118 Å². The molecule has 0 unspecified atom stereocenters. The van der Waals surface area contributed by atoms with Gasteiger partial charge >= 0.3 is 0 Å². The van der Waals surface area contributed by atoms with E-state index in [-0.39, 0.29) is 17.9 Å². The number of nitrogens with zero attached hydrogens (tertiary/aromatic N) is 1. The fourth-order valence-corrected chi connectivity index (χ4v) is 1.46. The van der Waals surface area contributed by atoms with E-state index in [1.165, 1.54) is 24.3 Å². The van der Waals surface area contributed by atoms with Crippen LogP contribution in [0.2, 0.25) is 0 Å². The van der Waals surface area contributed by atoms with E-state index < -0.39 is 14.8 Å². The average molecular weight is 313 g/mol. The van der Waals surface area contributed by atoms with Crippen LogP contribution in [-0.4, -0.2) is 20.5 Å². The van der Waals surface area contributed by atoms with Gasteiger partial charge in [0.1, 0.15) is 6.04 Å². The Bertz CT molecular complexity index is 456. The van der Waals surface area contributed by atoms with Crippen molar-refractivity contribution < 1.29 is 15.5 Å². The van der Waals surface area contributed by atoms with Crippen LogP contribution >= 0.6 is 34.8 Å². The molecule has 0 aliphatic rings. The first-order chi connectivity index (χ1) is 8.21. The van der Waals surface area contributed by atoms with Crippen molar-refractivity contribution in [2.24, 2.45) is 0 Å². The minimum atomic E-state index is -1.61. The van der Waals surface area contributed by atoms with Gasteiger partial charge in [-0.2, -0.15) is 0 Å². The molecule has 5 nitrogen and oxygen atoms in total. The smallest absolute Gasteiger partial charge is 0.269 e. The molecule has 1 atom stereocenters. The number of nitro groups is 1. The van der Waals surface area contributed by atoms with Crippen molar-refractivity contribution in [3.63, 3.8) is 0 Å². The van der Waals surface area contributed by atoms with E-state index in [4.69, 9.17) is 34.8 Å². The lowest BCUT2D eigenvalue weighted by Gasteiger charge is -2.15. The summed E-state index contributed by atoms with van der Waals surface area (Å²) >= 11 is 16.8. The molecule has 0 amide bonds. The van der Waals surface area contributed by atoms with Gasteiger partial charge < -0.3 is 5.73 Å². The third-order valence-corrected chi connectivity index (χ3v) is 3.22. The number of carbonyl (C=O) groups excluding carboxylic acids is 1. The number of hydrogen-bond acceptors (Lipinski definition) is 3. The molecule has 0 bridgehead atoms. The second-order valence-corrected chi connectivity index (χ2v) is 6.04. The number of Topliss-reactive ketones (excluding diaryl/α,β-unsaturated/α-hetero) is 1. The zero-order chi connectivity index (χ0) is 13.9. The minimum Gasteiger partial charge on any atom is -0.351 e. The SMILES string of the molecule is [NH3+][C@@H](CC(=O)c1ccc([N+](=O)[O-])cc1)C(Cl)(Cl)Cl. The lowest BCUT2D eigenvalue weighted by molar-refractivity contribution is -0.416. The second-order valence-electron chi connectivity index (χ2n) is 3.67. The quantitative estimate of drug-likeness (QED) is 0.400. The van der Waals surface area contributed by atoms with Crippen molar-refractivity contribution >= 4 is 46.3 Å². The van der Waals surface area contributed by atoms with Gasteiger partial charge in [0.05, 0.1) is 11.3 Å². The van der Waals surface area contributed by atoms with Crippen LogP contribution in [0.1, 0.15) is 16.8 Å². The first kappa shape index (κ1) is 15.2. The van der Waals surface area contributed by atoms with E-state index in [0.29, 0.717) is 5.56 Å². The Morgan fingerprint density at radius 2 is 1.83 bits per heavy atom. The molecular weight excluding hydrogens is 302 g/mol. The van der Waals surface area contributed by atoms with Gasteiger partial charge in [-0.1, -0.05) is 34.8 Å². The number of hydrogen-bond donors (Lipinski definition) is 1. The average Bonchev–Trinajstić information content (AvgIpc) is 2.27. The lowest BCUT2D eigenvalue weighted by Crippen LogP contribution is -2.67. The molecule has 0 aliphatic heterocycles. The summed E-state index contributed by atoms with van der Waals surface area (Å²) in [5.41, 5.74) is 3.83. The molecule has 0 spiro atoms. The zero-order valence-electron chi connectivity index (χ0n) is 9.11. The highest BCUT2D eigenvalue weighted by Gasteiger charge is 2.34. The molecule has 1 aromatic carbocycles. The van der Waals surface area contributed by atoms with Crippen LogP contribution < -0.4 is 5.73 Å². The maximum Gasteiger partial charge on any atom is 0.269 e. The molecule has 0 aromatic heterocycles. The van der Waals surface area contributed by atoms with Crippen LogP contribution in [0.3, 0.4) is 0 Å². The Kier molecular flexibility index (Phi) is 4.92. The number of nitro benzene ring substituents is 1. The zero-order valence-corrected chi connectivity index (χ0v) is 11.4. The fourth-order valence-electron chi connectivity index (χ4n) is 1.23. The van der Waals surface area contributed by atoms with Crippen LogP contribution in [0.25, 0.3) is 0 Å². The van der Waals surface area contributed by atoms with E-state index in [1.54, 1.807) is 0 Å². The molecule has 0 radical (unpaired) electrons. The molecule has 1 aromatic rings. The molecule has 0 heterocycles. The summed E-state index contributed by atoms with van der Waals surface area (Å²) in [6.45, 7) is 0. The summed E-state index contributed by atoms with van der Waals surface area (Å²) in [4.78, 5) is 21.7. The van der Waals surface area contributed by atoms with Gasteiger partial charge in [-0.3, -0.25) is 14.9 Å². The molecular formula is C10H10Cl3N2O3+. The monoisotopic (exact) mass is 311 g/mol. The molecule has 8 heteroatoms. The molecule has 98 valence electrons. The van der Waals surface area contributed by atoms with Crippen LogP contribution in [0.5, 0.6) is 0 Å². The van der Waals surface area contributed by atoms with Gasteiger partial charge in [0.2, 0.25) is 3.79 Å². The summed E-state index contributed by atoms with van der Waals surface area (Å²) in [5, 5.41) is 10.4. The maximum absolute atomic E-state index is 11.8. The van der Waals surface area contributed by atoms with Crippen LogP contribution in [0.4, 0.5) is 5.69 Å². The van der Waals surface area contributed by atoms with E-state index in [9.17, 15) is 14.9 Å². The summed E-state index contributed by atoms with van der Waals surface area (Å²) in [6, 6.07) is 4.54. The maximum atomic E-state index is 11.8. The van der Waals surface area contributed by atoms with Crippen molar-refractivity contribution in [3.05, 3.63) is 39.9 Å². The largest absolute Gasteiger partial charge is 0.351 e. The third kappa shape index (κ3) is 4.10. The lowest BCUT2D eigenvalue weighted by atomic mass is 10.0. The van der Waals surface area contributed by atoms with Crippen molar-refractivity contribution in [2.75, 3.05) is 0 Å². The van der Waals surface area contributed by atoms with E-state index >= 15 is 0 Å². The number of carbonyl (C=O) groups is 1. The topological polar surface area (TPSA) is 87.8 Å². The standard InChI is InChI=1S/C10H9Cl3N2O3/c11-10(12,13)9(14)5-8(16)6-1-3-7(4-2-6)15(17)18/h1-4,9H,5,14H2/p+1/t9-/m0/s1. The number of rotatable bonds is 4. The molecule has 0 saturated carbocycles. The number of alkyl halides is 3. The Morgan fingerprint density at radius 1 is 1.33 bits per heavy atom. The number of halogens is 3. The Morgan fingerprint density at radius 3 is 2.22 bits per heavy atom. The van der Waals surface area contributed by atoms with E-state index in [2.05, 4.69) is 5.73 Å². The second kappa shape index (κ2) is 5.84. The third-order valence-electron chi connectivity index (χ3n) is 2.29. The van der Waals surface area contributed by atoms with Crippen molar-refractivity contribution in [3.8, 4) is 0 Å². The highest BCUT2D eigenvalue weighted by atomic mass is 35.6. The highest BCUT2D eigenvalue weighted by molar-refractivity contribution is 6.68. The van der Waals surface area contributed by atoms with Crippen molar-refractivity contribution in [2.45, 2.75) is 16.3 Å². The first-order valence-corrected chi connectivity index (χ1v) is 6.02. The summed E-state index contributed by atoms with van der Waals surface area (Å²) in [6.07, 6.45) is -0.0473. The molecule has 0 aliphatic carbocycles. The predicted octanol–water partition coefficient (Wildman–Crippen LogP) is 2.15. The number of benzene rings is 1. The van der Waals surface area contributed by atoms with E-state index in [0.717, 1.165) is 0 Å². The van der Waals surface area contributed by atoms with Gasteiger partial charge in [0.25, 0.3) is 5.69 Å². The molecule has 0 fully saturated rings. The Balaban J connectivity index is 2.76. The normalized spacial score (nSPS) is 13.1. The number of ketones is 1. The molecule has 18 heavy (non-hydrogen) atoms. The summed E-state index contributed by atoms with van der Waals surface area (Å²) < 4.78 is -1.61. The van der Waals surface area contributed by atoms with Gasteiger partial charge in [-0.25, -0.2) is 0 Å². The van der Waals surface area contributed by atoms with Crippen molar-refractivity contribution in [1.29, 1.82) is 0 Å². The van der Waals surface area contributed by atoms with Gasteiger partial charge in [-0.05, 0) is 12.1 Å². The van der Waals surface area contributed by atoms with Crippen LogP contribution in [0.15, 0.2) is 24.3 Å². The predicted molar refractivity (Wildman–Crippen MR) is 69.0 cm³/mol. The van der Waals surface area contributed by atoms with Gasteiger partial charge in [-0.15, -0.1) is 0 Å². The summed E-state index contributed by atoms with van der Waals surface area (Å²) in [5.74, 6) is -0.281. The first-order valence-electron chi connectivity index (χ1n) is 4.89. The number of non-ortho nitro benzene ring substituents is 1. The molecule has 1 rings (SSSR count). The van der Waals surface area contributed by atoms with Crippen LogP contribution in [-0.2, 0) is 0 Å². The van der Waals surface area contributed by atoms with E-state index in [1.807, 2.05) is 0 Å². The van der Waals surface area contributed by atoms with Gasteiger partial charge in [0, 0.05) is 17.7 Å². The Hall–Kier alpha value is -0.880. The van der Waals surface area contributed by atoms with Gasteiger partial charge in [0.15, 0.2) is 5.78 Å². The fraction of sp³-hybridized carbons (Fsp3) is 0.300. The molecule has 3 N–H and O–H groups in total. The number of quaternary nitrogens is 1. The van der Waals surface area contributed by atoms with Crippen molar-refractivity contribution in [1.82, 2.24) is 0 Å². The van der Waals surface area contributed by atoms with Crippen LogP contribution in [0, 0.1) is 10.1 Å². The minimum absolute atomic E-state index is 0.0473.